The molecule has 0 spiro atoms. The van der Waals surface area contributed by atoms with Crippen molar-refractivity contribution in [1.82, 2.24) is 10.2 Å². The number of ether oxygens (including phenoxy) is 2. The minimum absolute atomic E-state index is 0.185. The van der Waals surface area contributed by atoms with Crippen LogP contribution in [0.4, 0.5) is 0 Å². The Balaban J connectivity index is 2.37. The van der Waals surface area contributed by atoms with E-state index in [1.807, 2.05) is 20.9 Å². The monoisotopic (exact) mass is 384 g/mol. The van der Waals surface area contributed by atoms with Crippen molar-refractivity contribution in [2.24, 2.45) is 0 Å². The number of ketones is 1. The van der Waals surface area contributed by atoms with Crippen molar-refractivity contribution < 1.29 is 19.1 Å². The third-order valence-electron chi connectivity index (χ3n) is 4.25. The standard InChI is InChI=1S/C22H28N2O4/c1-5-27-19-12-11-16(15-20(19)28-6-2)21(25)17-9-7-8-10-18(17)22(26)24(4)14-13-23-3/h7-12,15,23H,5-6,13-14H2,1-4H3. The Morgan fingerprint density at radius 1 is 0.964 bits per heavy atom. The number of likely N-dealkylation sites (N-methyl/N-ethyl adjacent to an activating group) is 2. The molecule has 0 radical (unpaired) electrons. The van der Waals surface area contributed by atoms with E-state index in [9.17, 15) is 9.59 Å². The van der Waals surface area contributed by atoms with Gasteiger partial charge < -0.3 is 19.7 Å². The summed E-state index contributed by atoms with van der Waals surface area (Å²) in [5.74, 6) is 0.701. The highest BCUT2D eigenvalue weighted by Gasteiger charge is 2.21. The van der Waals surface area contributed by atoms with Gasteiger partial charge in [0.1, 0.15) is 0 Å². The Bertz CT molecular complexity index is 820. The molecule has 0 saturated carbocycles. The van der Waals surface area contributed by atoms with Gasteiger partial charge in [-0.15, -0.1) is 0 Å². The fraction of sp³-hybridized carbons (Fsp3) is 0.364. The third kappa shape index (κ3) is 5.10. The second-order valence-corrected chi connectivity index (χ2v) is 6.23. The highest BCUT2D eigenvalue weighted by atomic mass is 16.5. The number of rotatable bonds is 10. The van der Waals surface area contributed by atoms with Gasteiger partial charge in [0.25, 0.3) is 5.91 Å². The van der Waals surface area contributed by atoms with Crippen LogP contribution in [-0.2, 0) is 0 Å². The Hall–Kier alpha value is -2.86. The summed E-state index contributed by atoms with van der Waals surface area (Å²) in [6, 6.07) is 12.0. The van der Waals surface area contributed by atoms with Crippen molar-refractivity contribution in [2.45, 2.75) is 13.8 Å². The molecule has 2 aromatic rings. The second-order valence-electron chi connectivity index (χ2n) is 6.23. The summed E-state index contributed by atoms with van der Waals surface area (Å²) in [4.78, 5) is 27.6. The number of amides is 1. The largest absolute Gasteiger partial charge is 0.490 e. The van der Waals surface area contributed by atoms with Crippen LogP contribution in [0, 0.1) is 0 Å². The molecule has 1 amide bonds. The summed E-state index contributed by atoms with van der Waals surface area (Å²) < 4.78 is 11.2. The molecular formula is C22H28N2O4. The van der Waals surface area contributed by atoms with E-state index in [-0.39, 0.29) is 11.7 Å². The quantitative estimate of drug-likeness (QED) is 0.638. The number of benzene rings is 2. The fourth-order valence-electron chi connectivity index (χ4n) is 2.80. The Kier molecular flexibility index (Phi) is 8.02. The zero-order valence-corrected chi connectivity index (χ0v) is 17.0. The molecule has 1 N–H and O–H groups in total. The lowest BCUT2D eigenvalue weighted by molar-refractivity contribution is 0.0792. The summed E-state index contributed by atoms with van der Waals surface area (Å²) in [5, 5.41) is 3.02. The number of carbonyl (C=O) groups excluding carboxylic acids is 2. The SMILES string of the molecule is CCOc1ccc(C(=O)c2ccccc2C(=O)N(C)CCNC)cc1OCC. The molecule has 0 fully saturated rings. The van der Waals surface area contributed by atoms with Crippen LogP contribution in [0.3, 0.4) is 0 Å². The highest BCUT2D eigenvalue weighted by Crippen LogP contribution is 2.30. The number of carbonyl (C=O) groups is 2. The minimum Gasteiger partial charge on any atom is -0.490 e. The molecule has 0 saturated heterocycles. The van der Waals surface area contributed by atoms with Crippen molar-refractivity contribution in [3.05, 3.63) is 59.2 Å². The smallest absolute Gasteiger partial charge is 0.254 e. The molecule has 0 aliphatic carbocycles. The molecule has 0 atom stereocenters. The molecule has 6 nitrogen and oxygen atoms in total. The predicted molar refractivity (Wildman–Crippen MR) is 110 cm³/mol. The maximum atomic E-state index is 13.2. The van der Waals surface area contributed by atoms with Crippen molar-refractivity contribution in [2.75, 3.05) is 40.4 Å². The van der Waals surface area contributed by atoms with E-state index in [0.29, 0.717) is 54.5 Å². The zero-order valence-electron chi connectivity index (χ0n) is 17.0. The fourth-order valence-corrected chi connectivity index (χ4v) is 2.80. The van der Waals surface area contributed by atoms with E-state index >= 15 is 0 Å². The van der Waals surface area contributed by atoms with Gasteiger partial charge in [-0.3, -0.25) is 9.59 Å². The Morgan fingerprint density at radius 3 is 2.25 bits per heavy atom. The van der Waals surface area contributed by atoms with Crippen LogP contribution in [0.1, 0.15) is 40.1 Å². The molecule has 0 aliphatic rings. The first-order valence-corrected chi connectivity index (χ1v) is 9.46. The van der Waals surface area contributed by atoms with Crippen LogP contribution < -0.4 is 14.8 Å². The van der Waals surface area contributed by atoms with Crippen LogP contribution in [0.25, 0.3) is 0 Å². The molecule has 0 aliphatic heterocycles. The summed E-state index contributed by atoms with van der Waals surface area (Å²) in [6.07, 6.45) is 0. The van der Waals surface area contributed by atoms with E-state index < -0.39 is 0 Å². The molecule has 2 aromatic carbocycles. The molecule has 2 rings (SSSR count). The van der Waals surface area contributed by atoms with Crippen molar-refractivity contribution >= 4 is 11.7 Å². The average molecular weight is 384 g/mol. The summed E-state index contributed by atoms with van der Waals surface area (Å²) >= 11 is 0. The van der Waals surface area contributed by atoms with Crippen molar-refractivity contribution in [3.8, 4) is 11.5 Å². The Morgan fingerprint density at radius 2 is 1.61 bits per heavy atom. The lowest BCUT2D eigenvalue weighted by atomic mass is 9.97. The van der Waals surface area contributed by atoms with Gasteiger partial charge in [0.05, 0.1) is 18.8 Å². The normalized spacial score (nSPS) is 10.4. The lowest BCUT2D eigenvalue weighted by Crippen LogP contribution is -2.33. The summed E-state index contributed by atoms with van der Waals surface area (Å²) in [7, 11) is 3.56. The van der Waals surface area contributed by atoms with Gasteiger partial charge in [0, 0.05) is 31.3 Å². The molecule has 150 valence electrons. The van der Waals surface area contributed by atoms with E-state index in [2.05, 4.69) is 5.32 Å². The van der Waals surface area contributed by atoms with Gasteiger partial charge >= 0.3 is 0 Å². The topological polar surface area (TPSA) is 67.9 Å². The summed E-state index contributed by atoms with van der Waals surface area (Å²) in [6.45, 7) is 5.96. The average Bonchev–Trinajstić information content (AvgIpc) is 2.72. The van der Waals surface area contributed by atoms with Gasteiger partial charge in [-0.05, 0) is 45.2 Å². The lowest BCUT2D eigenvalue weighted by Gasteiger charge is -2.19. The van der Waals surface area contributed by atoms with Crippen LogP contribution >= 0.6 is 0 Å². The number of nitrogens with zero attached hydrogens (tertiary/aromatic N) is 1. The van der Waals surface area contributed by atoms with Crippen LogP contribution in [0.5, 0.6) is 11.5 Å². The van der Waals surface area contributed by atoms with Crippen LogP contribution in [0.2, 0.25) is 0 Å². The van der Waals surface area contributed by atoms with E-state index in [4.69, 9.17) is 9.47 Å². The third-order valence-corrected chi connectivity index (χ3v) is 4.25. The van der Waals surface area contributed by atoms with Gasteiger partial charge in [-0.2, -0.15) is 0 Å². The number of hydrogen-bond donors (Lipinski definition) is 1. The molecule has 0 heterocycles. The van der Waals surface area contributed by atoms with Crippen LogP contribution in [-0.4, -0.2) is 57.0 Å². The maximum Gasteiger partial charge on any atom is 0.254 e. The number of nitrogens with one attached hydrogen (secondary N) is 1. The molecule has 0 unspecified atom stereocenters. The Labute approximate surface area is 166 Å². The van der Waals surface area contributed by atoms with E-state index in [1.54, 1.807) is 54.4 Å². The predicted octanol–water partition coefficient (Wildman–Crippen LogP) is 3.01. The van der Waals surface area contributed by atoms with E-state index in [1.165, 1.54) is 0 Å². The van der Waals surface area contributed by atoms with Gasteiger partial charge in [-0.1, -0.05) is 18.2 Å². The van der Waals surface area contributed by atoms with Gasteiger partial charge in [-0.25, -0.2) is 0 Å². The minimum atomic E-state index is -0.227. The summed E-state index contributed by atoms with van der Waals surface area (Å²) in [5.41, 5.74) is 1.21. The second kappa shape index (κ2) is 10.5. The van der Waals surface area contributed by atoms with Gasteiger partial charge in [0.2, 0.25) is 0 Å². The number of hydrogen-bond acceptors (Lipinski definition) is 5. The first kappa shape index (κ1) is 21.4. The van der Waals surface area contributed by atoms with Crippen molar-refractivity contribution in [1.29, 1.82) is 0 Å². The molecule has 0 bridgehead atoms. The van der Waals surface area contributed by atoms with Crippen LogP contribution in [0.15, 0.2) is 42.5 Å². The van der Waals surface area contributed by atoms with Gasteiger partial charge in [0.15, 0.2) is 17.3 Å². The molecular weight excluding hydrogens is 356 g/mol. The van der Waals surface area contributed by atoms with E-state index in [0.717, 1.165) is 0 Å². The first-order chi connectivity index (χ1) is 13.5. The first-order valence-electron chi connectivity index (χ1n) is 9.46. The molecule has 0 aromatic heterocycles. The zero-order chi connectivity index (χ0) is 20.5. The molecule has 6 heteroatoms. The maximum absolute atomic E-state index is 13.2. The molecule has 28 heavy (non-hydrogen) atoms. The highest BCUT2D eigenvalue weighted by molar-refractivity contribution is 6.15. The van der Waals surface area contributed by atoms with Crippen molar-refractivity contribution in [3.63, 3.8) is 0 Å².